The molecule has 0 spiro atoms. The van der Waals surface area contributed by atoms with Gasteiger partial charge in [-0.2, -0.15) is 0 Å². The van der Waals surface area contributed by atoms with Gasteiger partial charge in [0, 0.05) is 13.0 Å². The average Bonchev–Trinajstić information content (AvgIpc) is 2.69. The second-order valence-electron chi connectivity index (χ2n) is 3.82. The summed E-state index contributed by atoms with van der Waals surface area (Å²) in [5.41, 5.74) is 5.84. The molecule has 0 bridgehead atoms. The van der Waals surface area contributed by atoms with Crippen molar-refractivity contribution in [2.24, 2.45) is 5.73 Å². The summed E-state index contributed by atoms with van der Waals surface area (Å²) >= 11 is 0. The molecule has 3 nitrogen and oxygen atoms in total. The van der Waals surface area contributed by atoms with Crippen molar-refractivity contribution in [3.8, 4) is 0 Å². The molecule has 1 aliphatic rings. The van der Waals surface area contributed by atoms with Gasteiger partial charge in [-0.15, -0.1) is 0 Å². The smallest absolute Gasteiger partial charge is 0.112 e. The van der Waals surface area contributed by atoms with E-state index in [0.29, 0.717) is 6.61 Å². The molecule has 2 N–H and O–H groups in total. The number of nitrogens with two attached hydrogens (primary N) is 1. The van der Waals surface area contributed by atoms with Crippen molar-refractivity contribution in [3.63, 3.8) is 0 Å². The SMILES string of the molecule is CCOC(C)(CC)C(N)C1=CCCO1. The normalized spacial score (nSPS) is 22.4. The molecule has 1 heterocycles. The van der Waals surface area contributed by atoms with Crippen molar-refractivity contribution in [2.45, 2.75) is 45.3 Å². The average molecular weight is 199 g/mol. The Bertz CT molecular complexity index is 215. The second kappa shape index (κ2) is 4.80. The lowest BCUT2D eigenvalue weighted by Gasteiger charge is -2.34. The minimum Gasteiger partial charge on any atom is -0.496 e. The van der Waals surface area contributed by atoms with Crippen LogP contribution in [0.15, 0.2) is 11.8 Å². The van der Waals surface area contributed by atoms with E-state index in [0.717, 1.165) is 25.2 Å². The Hall–Kier alpha value is -0.540. The lowest BCUT2D eigenvalue weighted by atomic mass is 9.92. The van der Waals surface area contributed by atoms with Crippen molar-refractivity contribution in [1.29, 1.82) is 0 Å². The Morgan fingerprint density at radius 1 is 1.64 bits per heavy atom. The molecule has 2 atom stereocenters. The van der Waals surface area contributed by atoms with Crippen molar-refractivity contribution in [3.05, 3.63) is 11.8 Å². The molecule has 0 aliphatic carbocycles. The van der Waals surface area contributed by atoms with Crippen molar-refractivity contribution in [2.75, 3.05) is 13.2 Å². The highest BCUT2D eigenvalue weighted by Gasteiger charge is 2.34. The molecular weight excluding hydrogens is 178 g/mol. The molecule has 82 valence electrons. The largest absolute Gasteiger partial charge is 0.496 e. The molecule has 1 rings (SSSR count). The molecule has 0 aromatic heterocycles. The first-order chi connectivity index (χ1) is 6.64. The predicted octanol–water partition coefficient (Wildman–Crippen LogP) is 1.82. The van der Waals surface area contributed by atoms with Gasteiger partial charge >= 0.3 is 0 Å². The van der Waals surface area contributed by atoms with Gasteiger partial charge in [0.2, 0.25) is 0 Å². The van der Waals surface area contributed by atoms with E-state index in [1.165, 1.54) is 0 Å². The first kappa shape index (κ1) is 11.5. The van der Waals surface area contributed by atoms with Crippen LogP contribution in [0, 0.1) is 0 Å². The van der Waals surface area contributed by atoms with E-state index in [4.69, 9.17) is 15.2 Å². The molecule has 2 unspecified atom stereocenters. The van der Waals surface area contributed by atoms with Crippen LogP contribution in [-0.4, -0.2) is 24.9 Å². The van der Waals surface area contributed by atoms with E-state index in [1.807, 2.05) is 13.8 Å². The minimum atomic E-state index is -0.301. The van der Waals surface area contributed by atoms with Crippen LogP contribution in [0.1, 0.15) is 33.6 Å². The maximum atomic E-state index is 6.14. The first-order valence-corrected chi connectivity index (χ1v) is 5.36. The van der Waals surface area contributed by atoms with Crippen molar-refractivity contribution in [1.82, 2.24) is 0 Å². The molecule has 0 aromatic rings. The highest BCUT2D eigenvalue weighted by molar-refractivity contribution is 5.12. The quantitative estimate of drug-likeness (QED) is 0.734. The van der Waals surface area contributed by atoms with E-state index in [-0.39, 0.29) is 11.6 Å². The van der Waals surface area contributed by atoms with Gasteiger partial charge in [-0.05, 0) is 26.3 Å². The zero-order chi connectivity index (χ0) is 10.6. The molecule has 0 aromatic carbocycles. The fourth-order valence-electron chi connectivity index (χ4n) is 1.70. The Kier molecular flexibility index (Phi) is 3.96. The van der Waals surface area contributed by atoms with Crippen LogP contribution < -0.4 is 5.73 Å². The summed E-state index contributed by atoms with van der Waals surface area (Å²) in [6, 6.07) is -0.144. The van der Waals surface area contributed by atoms with Crippen LogP contribution in [0.3, 0.4) is 0 Å². The molecule has 14 heavy (non-hydrogen) atoms. The molecule has 0 fully saturated rings. The van der Waals surface area contributed by atoms with Crippen LogP contribution in [0.25, 0.3) is 0 Å². The van der Waals surface area contributed by atoms with Gasteiger partial charge in [0.1, 0.15) is 5.76 Å². The summed E-state index contributed by atoms with van der Waals surface area (Å²) in [7, 11) is 0. The third-order valence-electron chi connectivity index (χ3n) is 2.87. The summed E-state index contributed by atoms with van der Waals surface area (Å²) in [5, 5.41) is 0. The van der Waals surface area contributed by atoms with E-state index in [9.17, 15) is 0 Å². The fraction of sp³-hybridized carbons (Fsp3) is 0.818. The van der Waals surface area contributed by atoms with Crippen LogP contribution >= 0.6 is 0 Å². The summed E-state index contributed by atoms with van der Waals surface area (Å²) in [6.07, 6.45) is 3.93. The first-order valence-electron chi connectivity index (χ1n) is 5.36. The molecule has 0 amide bonds. The third-order valence-corrected chi connectivity index (χ3v) is 2.87. The van der Waals surface area contributed by atoms with Gasteiger partial charge in [0.25, 0.3) is 0 Å². The molecule has 3 heteroatoms. The zero-order valence-electron chi connectivity index (χ0n) is 9.38. The maximum absolute atomic E-state index is 6.14. The Labute approximate surface area is 86.3 Å². The number of ether oxygens (including phenoxy) is 2. The van der Waals surface area contributed by atoms with Gasteiger partial charge in [0.15, 0.2) is 0 Å². The third kappa shape index (κ3) is 2.28. The minimum absolute atomic E-state index is 0.144. The highest BCUT2D eigenvalue weighted by Crippen LogP contribution is 2.26. The Morgan fingerprint density at radius 3 is 2.79 bits per heavy atom. The summed E-state index contributed by atoms with van der Waals surface area (Å²) in [6.45, 7) is 7.57. The topological polar surface area (TPSA) is 44.5 Å². The van der Waals surface area contributed by atoms with E-state index >= 15 is 0 Å². The maximum Gasteiger partial charge on any atom is 0.112 e. The molecule has 0 radical (unpaired) electrons. The van der Waals surface area contributed by atoms with E-state index < -0.39 is 0 Å². The van der Waals surface area contributed by atoms with Gasteiger partial charge < -0.3 is 15.2 Å². The van der Waals surface area contributed by atoms with Crippen LogP contribution in [-0.2, 0) is 9.47 Å². The van der Waals surface area contributed by atoms with E-state index in [2.05, 4.69) is 13.0 Å². The summed E-state index contributed by atoms with van der Waals surface area (Å²) in [4.78, 5) is 0. The van der Waals surface area contributed by atoms with Crippen LogP contribution in [0.5, 0.6) is 0 Å². The van der Waals surface area contributed by atoms with Gasteiger partial charge in [-0.1, -0.05) is 6.92 Å². The van der Waals surface area contributed by atoms with Crippen molar-refractivity contribution >= 4 is 0 Å². The predicted molar refractivity (Wildman–Crippen MR) is 56.9 cm³/mol. The Morgan fingerprint density at radius 2 is 2.36 bits per heavy atom. The molecule has 1 aliphatic heterocycles. The molecule has 0 saturated heterocycles. The van der Waals surface area contributed by atoms with E-state index in [1.54, 1.807) is 0 Å². The standard InChI is InChI=1S/C11H21NO2/c1-4-11(3,14-5-2)10(12)9-7-6-8-13-9/h7,10H,4-6,8,12H2,1-3H3. The van der Waals surface area contributed by atoms with Crippen LogP contribution in [0.4, 0.5) is 0 Å². The molecular formula is C11H21NO2. The molecule has 0 saturated carbocycles. The van der Waals surface area contributed by atoms with Crippen LogP contribution in [0.2, 0.25) is 0 Å². The highest BCUT2D eigenvalue weighted by atomic mass is 16.5. The number of hydrogen-bond acceptors (Lipinski definition) is 3. The summed E-state index contributed by atoms with van der Waals surface area (Å²) < 4.78 is 11.2. The second-order valence-corrected chi connectivity index (χ2v) is 3.82. The lowest BCUT2D eigenvalue weighted by molar-refractivity contribution is -0.0478. The lowest BCUT2D eigenvalue weighted by Crippen LogP contribution is -2.48. The van der Waals surface area contributed by atoms with Gasteiger partial charge in [-0.3, -0.25) is 0 Å². The van der Waals surface area contributed by atoms with Crippen molar-refractivity contribution < 1.29 is 9.47 Å². The monoisotopic (exact) mass is 199 g/mol. The van der Waals surface area contributed by atoms with Gasteiger partial charge in [0.05, 0.1) is 18.2 Å². The number of rotatable bonds is 5. The number of hydrogen-bond donors (Lipinski definition) is 1. The zero-order valence-corrected chi connectivity index (χ0v) is 9.38. The Balaban J connectivity index is 2.67. The fourth-order valence-corrected chi connectivity index (χ4v) is 1.70. The van der Waals surface area contributed by atoms with Gasteiger partial charge in [-0.25, -0.2) is 0 Å². The summed E-state index contributed by atoms with van der Waals surface area (Å²) in [5.74, 6) is 0.891.